The number of carbonyl (C=O) groups is 2. The third-order valence-electron chi connectivity index (χ3n) is 4.96. The maximum atomic E-state index is 12.8. The number of methoxy groups -OCH3 is 1. The van der Waals surface area contributed by atoms with Gasteiger partial charge in [0.15, 0.2) is 11.9 Å². The number of rotatable bonds is 11. The SMILES string of the molecule is CO[C@@H](C(C)C(=O)C(C)OC(=O)c1ccccc1)[C@H](C)COCc1ccccc1. The second kappa shape index (κ2) is 11.5. The number of esters is 1. The van der Waals surface area contributed by atoms with Crippen molar-refractivity contribution in [3.05, 3.63) is 71.8 Å². The van der Waals surface area contributed by atoms with Gasteiger partial charge in [0.05, 0.1) is 24.9 Å². The van der Waals surface area contributed by atoms with Gasteiger partial charge in [-0.15, -0.1) is 0 Å². The summed E-state index contributed by atoms with van der Waals surface area (Å²) in [5.74, 6) is -1.11. The molecule has 2 aromatic carbocycles. The molecule has 0 aliphatic heterocycles. The molecule has 0 saturated carbocycles. The first-order chi connectivity index (χ1) is 13.9. The minimum Gasteiger partial charge on any atom is -0.451 e. The summed E-state index contributed by atoms with van der Waals surface area (Å²) in [7, 11) is 1.59. The zero-order chi connectivity index (χ0) is 21.2. The van der Waals surface area contributed by atoms with Gasteiger partial charge in [-0.2, -0.15) is 0 Å². The molecular weight excluding hydrogens is 368 g/mol. The van der Waals surface area contributed by atoms with Crippen molar-refractivity contribution in [1.82, 2.24) is 0 Å². The third kappa shape index (κ3) is 6.80. The molecule has 2 unspecified atom stereocenters. The Bertz CT molecular complexity index is 759. The smallest absolute Gasteiger partial charge is 0.338 e. The first-order valence-electron chi connectivity index (χ1n) is 9.88. The molecule has 0 amide bonds. The van der Waals surface area contributed by atoms with Crippen LogP contribution in [0, 0.1) is 11.8 Å². The van der Waals surface area contributed by atoms with Crippen molar-refractivity contribution >= 4 is 11.8 Å². The van der Waals surface area contributed by atoms with Crippen molar-refractivity contribution in [2.45, 2.75) is 39.6 Å². The van der Waals surface area contributed by atoms with Crippen LogP contribution >= 0.6 is 0 Å². The lowest BCUT2D eigenvalue weighted by Crippen LogP contribution is -2.40. The van der Waals surface area contributed by atoms with Gasteiger partial charge in [-0.25, -0.2) is 4.79 Å². The summed E-state index contributed by atoms with van der Waals surface area (Å²) in [5.41, 5.74) is 1.52. The molecule has 0 bridgehead atoms. The molecule has 156 valence electrons. The highest BCUT2D eigenvalue weighted by atomic mass is 16.5. The molecular formula is C24H30O5. The van der Waals surface area contributed by atoms with Crippen LogP contribution in [-0.2, 0) is 25.6 Å². The summed E-state index contributed by atoms with van der Waals surface area (Å²) < 4.78 is 16.8. The minimum absolute atomic E-state index is 0.000290. The lowest BCUT2D eigenvalue weighted by molar-refractivity contribution is -0.137. The number of benzene rings is 2. The minimum atomic E-state index is -0.854. The number of hydrogen-bond donors (Lipinski definition) is 0. The maximum absolute atomic E-state index is 12.8. The summed E-state index contributed by atoms with van der Waals surface area (Å²) in [6, 6.07) is 18.6. The number of carbonyl (C=O) groups excluding carboxylic acids is 2. The van der Waals surface area contributed by atoms with Crippen LogP contribution < -0.4 is 0 Å². The molecule has 0 saturated heterocycles. The van der Waals surface area contributed by atoms with Crippen LogP contribution in [0.25, 0.3) is 0 Å². The first-order valence-corrected chi connectivity index (χ1v) is 9.88. The number of ketones is 1. The predicted molar refractivity (Wildman–Crippen MR) is 112 cm³/mol. The van der Waals surface area contributed by atoms with Gasteiger partial charge in [0.25, 0.3) is 0 Å². The van der Waals surface area contributed by atoms with Gasteiger partial charge in [-0.3, -0.25) is 4.79 Å². The van der Waals surface area contributed by atoms with Gasteiger partial charge in [-0.1, -0.05) is 62.4 Å². The Labute approximate surface area is 173 Å². The van der Waals surface area contributed by atoms with Gasteiger partial charge in [0, 0.05) is 18.9 Å². The van der Waals surface area contributed by atoms with E-state index in [1.54, 1.807) is 45.2 Å². The molecule has 0 radical (unpaired) electrons. The average Bonchev–Trinajstić information content (AvgIpc) is 2.74. The van der Waals surface area contributed by atoms with Crippen molar-refractivity contribution in [2.24, 2.45) is 11.8 Å². The van der Waals surface area contributed by atoms with Crippen LogP contribution in [0.5, 0.6) is 0 Å². The summed E-state index contributed by atoms with van der Waals surface area (Å²) >= 11 is 0. The van der Waals surface area contributed by atoms with Crippen LogP contribution in [0.15, 0.2) is 60.7 Å². The first kappa shape index (κ1) is 22.8. The fourth-order valence-electron chi connectivity index (χ4n) is 3.35. The molecule has 0 aliphatic carbocycles. The van der Waals surface area contributed by atoms with Crippen molar-refractivity contribution < 1.29 is 23.8 Å². The summed E-state index contributed by atoms with van der Waals surface area (Å²) in [6.07, 6.45) is -1.19. The Balaban J connectivity index is 1.88. The highest BCUT2D eigenvalue weighted by Crippen LogP contribution is 2.21. The van der Waals surface area contributed by atoms with Crippen molar-refractivity contribution in [3.8, 4) is 0 Å². The highest BCUT2D eigenvalue weighted by Gasteiger charge is 2.33. The zero-order valence-electron chi connectivity index (χ0n) is 17.5. The van der Waals surface area contributed by atoms with E-state index in [1.807, 2.05) is 43.3 Å². The molecule has 2 rings (SSSR count). The molecule has 4 atom stereocenters. The number of hydrogen-bond acceptors (Lipinski definition) is 5. The highest BCUT2D eigenvalue weighted by molar-refractivity contribution is 5.93. The molecule has 0 N–H and O–H groups in total. The fraction of sp³-hybridized carbons (Fsp3) is 0.417. The van der Waals surface area contributed by atoms with Crippen molar-refractivity contribution in [3.63, 3.8) is 0 Å². The average molecular weight is 398 g/mol. The third-order valence-corrected chi connectivity index (χ3v) is 4.96. The summed E-state index contributed by atoms with van der Waals surface area (Å²) in [4.78, 5) is 25.0. The predicted octanol–water partition coefficient (Wildman–Crippen LogP) is 4.31. The van der Waals surface area contributed by atoms with Gasteiger partial charge in [0.1, 0.15) is 0 Å². The van der Waals surface area contributed by atoms with E-state index in [9.17, 15) is 9.59 Å². The van der Waals surface area contributed by atoms with Gasteiger partial charge in [-0.05, 0) is 24.6 Å². The second-order valence-corrected chi connectivity index (χ2v) is 7.28. The van der Waals surface area contributed by atoms with E-state index in [4.69, 9.17) is 14.2 Å². The molecule has 5 nitrogen and oxygen atoms in total. The van der Waals surface area contributed by atoms with E-state index in [-0.39, 0.29) is 17.8 Å². The van der Waals surface area contributed by atoms with Crippen LogP contribution in [0.3, 0.4) is 0 Å². The Morgan fingerprint density at radius 3 is 2.07 bits per heavy atom. The van der Waals surface area contributed by atoms with E-state index in [0.29, 0.717) is 18.8 Å². The lowest BCUT2D eigenvalue weighted by atomic mass is 9.88. The quantitative estimate of drug-likeness (QED) is 0.528. The van der Waals surface area contributed by atoms with Gasteiger partial charge >= 0.3 is 5.97 Å². The summed E-state index contributed by atoms with van der Waals surface area (Å²) in [5, 5.41) is 0. The number of ether oxygens (including phenoxy) is 3. The topological polar surface area (TPSA) is 61.8 Å². The van der Waals surface area contributed by atoms with Crippen molar-refractivity contribution in [2.75, 3.05) is 13.7 Å². The van der Waals surface area contributed by atoms with Gasteiger partial charge in [0.2, 0.25) is 0 Å². The van der Waals surface area contributed by atoms with Crippen LogP contribution in [0.1, 0.15) is 36.7 Å². The van der Waals surface area contributed by atoms with E-state index in [1.165, 1.54) is 0 Å². The van der Waals surface area contributed by atoms with E-state index < -0.39 is 18.0 Å². The van der Waals surface area contributed by atoms with Gasteiger partial charge < -0.3 is 14.2 Å². The number of Topliss-reactive ketones (excluding diaryl/α,β-unsaturated/α-hetero) is 1. The van der Waals surface area contributed by atoms with Crippen LogP contribution in [0.2, 0.25) is 0 Å². The largest absolute Gasteiger partial charge is 0.451 e. The lowest BCUT2D eigenvalue weighted by Gasteiger charge is -2.29. The van der Waals surface area contributed by atoms with E-state index >= 15 is 0 Å². The molecule has 0 aliphatic rings. The Kier molecular flexibility index (Phi) is 9.03. The second-order valence-electron chi connectivity index (χ2n) is 7.28. The Hall–Kier alpha value is -2.50. The molecule has 0 heterocycles. The molecule has 5 heteroatoms. The fourth-order valence-corrected chi connectivity index (χ4v) is 3.35. The molecule has 29 heavy (non-hydrogen) atoms. The monoisotopic (exact) mass is 398 g/mol. The van der Waals surface area contributed by atoms with E-state index in [0.717, 1.165) is 5.56 Å². The normalized spacial score (nSPS) is 15.2. The summed E-state index contributed by atoms with van der Waals surface area (Å²) in [6.45, 7) is 6.36. The van der Waals surface area contributed by atoms with Crippen LogP contribution in [-0.4, -0.2) is 37.7 Å². The zero-order valence-corrected chi connectivity index (χ0v) is 17.5. The Morgan fingerprint density at radius 2 is 1.48 bits per heavy atom. The van der Waals surface area contributed by atoms with Crippen LogP contribution in [0.4, 0.5) is 0 Å². The van der Waals surface area contributed by atoms with Crippen molar-refractivity contribution in [1.29, 1.82) is 0 Å². The molecule has 0 spiro atoms. The molecule has 2 aromatic rings. The van der Waals surface area contributed by atoms with E-state index in [2.05, 4.69) is 0 Å². The standard InChI is InChI=1S/C24H30O5/c1-17(15-28-16-20-11-7-5-8-12-20)23(27-4)18(2)22(25)19(3)29-24(26)21-13-9-6-10-14-21/h5-14,17-19,23H,15-16H2,1-4H3/t17-,18?,19?,23-/m1/s1. The molecule has 0 aromatic heterocycles. The maximum Gasteiger partial charge on any atom is 0.338 e. The Morgan fingerprint density at radius 1 is 0.897 bits per heavy atom. The molecule has 0 fully saturated rings.